The zero-order chi connectivity index (χ0) is 14.0. The molecule has 0 saturated heterocycles. The van der Waals surface area contributed by atoms with Gasteiger partial charge >= 0.3 is 0 Å². The Kier molecular flexibility index (Phi) is 4.10. The van der Waals surface area contributed by atoms with Gasteiger partial charge in [0.05, 0.1) is 5.84 Å². The Labute approximate surface area is 115 Å². The first kappa shape index (κ1) is 13.9. The van der Waals surface area contributed by atoms with Crippen molar-refractivity contribution in [2.75, 3.05) is 13.6 Å². The quantitative estimate of drug-likeness (QED) is 0.629. The molecule has 2 unspecified atom stereocenters. The molecule has 2 rings (SSSR count). The maximum atomic E-state index is 7.35. The maximum Gasteiger partial charge on any atom is 0.123 e. The fraction of sp³-hybridized carbons (Fsp3) is 0.533. The van der Waals surface area contributed by atoms with Gasteiger partial charge in [0.25, 0.3) is 0 Å². The van der Waals surface area contributed by atoms with Gasteiger partial charge < -0.3 is 10.5 Å². The number of aryl methyl sites for hydroxylation is 1. The summed E-state index contributed by atoms with van der Waals surface area (Å²) in [6.45, 7) is 5.06. The first-order valence-electron chi connectivity index (χ1n) is 6.75. The molecular formula is C15H23N3O. The highest BCUT2D eigenvalue weighted by Crippen LogP contribution is 2.29. The number of nitrogens with two attached hydrogens (primary N) is 1. The lowest BCUT2D eigenvalue weighted by molar-refractivity contribution is 0.146. The van der Waals surface area contributed by atoms with Crippen LogP contribution in [0.5, 0.6) is 5.75 Å². The summed E-state index contributed by atoms with van der Waals surface area (Å²) in [5.74, 6) is 1.26. The lowest BCUT2D eigenvalue weighted by atomic mass is 10.1. The van der Waals surface area contributed by atoms with Crippen molar-refractivity contribution in [1.82, 2.24) is 4.90 Å². The predicted octanol–water partition coefficient (Wildman–Crippen LogP) is 1.94. The molecule has 19 heavy (non-hydrogen) atoms. The van der Waals surface area contributed by atoms with Gasteiger partial charge in [-0.05, 0) is 32.5 Å². The van der Waals surface area contributed by atoms with Crippen LogP contribution in [-0.4, -0.2) is 36.5 Å². The normalized spacial score (nSPS) is 19.1. The Morgan fingerprint density at radius 3 is 3.00 bits per heavy atom. The van der Waals surface area contributed by atoms with E-state index in [2.05, 4.69) is 44.0 Å². The van der Waals surface area contributed by atoms with Crippen LogP contribution in [0.25, 0.3) is 0 Å². The molecule has 0 bridgehead atoms. The van der Waals surface area contributed by atoms with E-state index in [-0.39, 0.29) is 18.0 Å². The molecule has 3 N–H and O–H groups in total. The molecule has 1 aromatic rings. The van der Waals surface area contributed by atoms with Gasteiger partial charge in [-0.3, -0.25) is 10.3 Å². The van der Waals surface area contributed by atoms with Gasteiger partial charge in [0.15, 0.2) is 0 Å². The van der Waals surface area contributed by atoms with Crippen LogP contribution in [0.1, 0.15) is 24.5 Å². The number of hydrogen-bond acceptors (Lipinski definition) is 3. The standard InChI is InChI=1S/C15H23N3O/c1-10-4-5-14-12(6-10)8-13(19-14)9-18(3)11(2)7-15(16)17/h4-6,11,13H,7-9H2,1-3H3,(H3,16,17). The number of nitrogens with zero attached hydrogens (tertiary/aromatic N) is 1. The molecule has 4 nitrogen and oxygen atoms in total. The second-order valence-corrected chi connectivity index (χ2v) is 5.57. The van der Waals surface area contributed by atoms with Crippen LogP contribution < -0.4 is 10.5 Å². The second-order valence-electron chi connectivity index (χ2n) is 5.57. The van der Waals surface area contributed by atoms with E-state index < -0.39 is 0 Å². The number of likely N-dealkylation sites (N-methyl/N-ethyl adjacent to an activating group) is 1. The minimum Gasteiger partial charge on any atom is -0.488 e. The molecule has 0 radical (unpaired) electrons. The molecule has 1 aliphatic rings. The van der Waals surface area contributed by atoms with Crippen LogP contribution in [0.15, 0.2) is 18.2 Å². The topological polar surface area (TPSA) is 62.3 Å². The van der Waals surface area contributed by atoms with Crippen LogP contribution >= 0.6 is 0 Å². The molecule has 0 aliphatic carbocycles. The highest BCUT2D eigenvalue weighted by Gasteiger charge is 2.25. The molecule has 0 aromatic heterocycles. The highest BCUT2D eigenvalue weighted by atomic mass is 16.5. The van der Waals surface area contributed by atoms with Crippen LogP contribution in [0.3, 0.4) is 0 Å². The lowest BCUT2D eigenvalue weighted by Gasteiger charge is -2.26. The molecular weight excluding hydrogens is 238 g/mol. The molecule has 4 heteroatoms. The number of hydrogen-bond donors (Lipinski definition) is 2. The summed E-state index contributed by atoms with van der Waals surface area (Å²) in [5, 5.41) is 7.35. The first-order chi connectivity index (χ1) is 8.95. The van der Waals surface area contributed by atoms with Crippen molar-refractivity contribution in [1.29, 1.82) is 5.41 Å². The number of nitrogens with one attached hydrogen (secondary N) is 1. The van der Waals surface area contributed by atoms with E-state index in [1.54, 1.807) is 0 Å². The molecule has 0 saturated carbocycles. The summed E-state index contributed by atoms with van der Waals surface area (Å²) in [7, 11) is 2.06. The van der Waals surface area contributed by atoms with Crippen molar-refractivity contribution < 1.29 is 4.74 Å². The van der Waals surface area contributed by atoms with Gasteiger partial charge in [0.1, 0.15) is 11.9 Å². The third-order valence-corrected chi connectivity index (χ3v) is 3.72. The van der Waals surface area contributed by atoms with E-state index in [4.69, 9.17) is 15.9 Å². The van der Waals surface area contributed by atoms with Crippen molar-refractivity contribution in [3.63, 3.8) is 0 Å². The SMILES string of the molecule is Cc1ccc2c(c1)CC(CN(C)C(C)CC(=N)N)O2. The monoisotopic (exact) mass is 261 g/mol. The Morgan fingerprint density at radius 1 is 1.58 bits per heavy atom. The lowest BCUT2D eigenvalue weighted by Crippen LogP contribution is -2.39. The van der Waals surface area contributed by atoms with Crippen molar-refractivity contribution in [3.8, 4) is 5.75 Å². The van der Waals surface area contributed by atoms with Gasteiger partial charge in [0.2, 0.25) is 0 Å². The molecule has 0 amide bonds. The number of fused-ring (bicyclic) bond motifs is 1. The fourth-order valence-electron chi connectivity index (χ4n) is 2.53. The zero-order valence-corrected chi connectivity index (χ0v) is 11.9. The molecule has 1 aromatic carbocycles. The van der Waals surface area contributed by atoms with Gasteiger partial charge in [-0.1, -0.05) is 17.7 Å². The summed E-state index contributed by atoms with van der Waals surface area (Å²) in [6.07, 6.45) is 1.78. The van der Waals surface area contributed by atoms with E-state index >= 15 is 0 Å². The number of ether oxygens (including phenoxy) is 1. The summed E-state index contributed by atoms with van der Waals surface area (Å²) in [5.41, 5.74) is 8.03. The average molecular weight is 261 g/mol. The Hall–Kier alpha value is -1.55. The molecule has 2 atom stereocenters. The Balaban J connectivity index is 1.91. The van der Waals surface area contributed by atoms with Crippen molar-refractivity contribution in [3.05, 3.63) is 29.3 Å². The molecule has 0 fully saturated rings. The molecule has 1 aliphatic heterocycles. The summed E-state index contributed by atoms with van der Waals surface area (Å²) < 4.78 is 5.96. The van der Waals surface area contributed by atoms with Gasteiger partial charge in [-0.15, -0.1) is 0 Å². The first-order valence-corrected chi connectivity index (χ1v) is 6.75. The molecule has 0 spiro atoms. The van der Waals surface area contributed by atoms with Gasteiger partial charge in [0, 0.05) is 25.4 Å². The second kappa shape index (κ2) is 5.61. The van der Waals surface area contributed by atoms with E-state index in [0.29, 0.717) is 6.42 Å². The van der Waals surface area contributed by atoms with E-state index in [0.717, 1.165) is 18.7 Å². The van der Waals surface area contributed by atoms with Gasteiger partial charge in [-0.25, -0.2) is 0 Å². The minimum absolute atomic E-state index is 0.205. The summed E-state index contributed by atoms with van der Waals surface area (Å²) >= 11 is 0. The zero-order valence-electron chi connectivity index (χ0n) is 11.9. The maximum absolute atomic E-state index is 7.35. The average Bonchev–Trinajstić information content (AvgIpc) is 2.69. The van der Waals surface area contributed by atoms with Gasteiger partial charge in [-0.2, -0.15) is 0 Å². The molecule has 104 valence electrons. The van der Waals surface area contributed by atoms with Crippen LogP contribution in [0, 0.1) is 12.3 Å². The van der Waals surface area contributed by atoms with Crippen molar-refractivity contribution in [2.45, 2.75) is 38.8 Å². The Morgan fingerprint density at radius 2 is 2.32 bits per heavy atom. The van der Waals surface area contributed by atoms with E-state index in [9.17, 15) is 0 Å². The summed E-state index contributed by atoms with van der Waals surface area (Å²) in [4.78, 5) is 2.21. The largest absolute Gasteiger partial charge is 0.488 e. The Bertz CT molecular complexity index is 472. The van der Waals surface area contributed by atoms with Crippen molar-refractivity contribution in [2.24, 2.45) is 5.73 Å². The number of amidine groups is 1. The van der Waals surface area contributed by atoms with Crippen LogP contribution in [0.2, 0.25) is 0 Å². The number of rotatable bonds is 5. The minimum atomic E-state index is 0.205. The fourth-order valence-corrected chi connectivity index (χ4v) is 2.53. The highest BCUT2D eigenvalue weighted by molar-refractivity contribution is 5.77. The third kappa shape index (κ3) is 3.47. The smallest absolute Gasteiger partial charge is 0.123 e. The summed E-state index contributed by atoms with van der Waals surface area (Å²) in [6, 6.07) is 6.62. The molecule has 1 heterocycles. The van der Waals surface area contributed by atoms with Crippen LogP contribution in [0.4, 0.5) is 0 Å². The predicted molar refractivity (Wildman–Crippen MR) is 77.9 cm³/mol. The van der Waals surface area contributed by atoms with E-state index in [1.165, 1.54) is 11.1 Å². The van der Waals surface area contributed by atoms with E-state index in [1.807, 2.05) is 0 Å². The van der Waals surface area contributed by atoms with Crippen molar-refractivity contribution >= 4 is 5.84 Å². The third-order valence-electron chi connectivity index (χ3n) is 3.72. The van der Waals surface area contributed by atoms with Crippen LogP contribution in [-0.2, 0) is 6.42 Å². The number of benzene rings is 1.